The van der Waals surface area contributed by atoms with E-state index >= 15 is 0 Å². The zero-order chi connectivity index (χ0) is 14.1. The standard InChI is InChI=1S/C15H18BrClN2O.ClH/c16-14-3-2-13(17)5-10(14)1-4-15(20)19-8-11-6-18-7-12(11)9-19;/h2-3,5,11-12,18H,1,4,6-9H2;1H/t11-,12+;. The molecule has 0 bridgehead atoms. The van der Waals surface area contributed by atoms with Gasteiger partial charge in [-0.05, 0) is 42.0 Å². The molecule has 3 rings (SSSR count). The molecule has 2 aliphatic heterocycles. The highest BCUT2D eigenvalue weighted by Gasteiger charge is 2.37. The summed E-state index contributed by atoms with van der Waals surface area (Å²) in [5.41, 5.74) is 1.10. The summed E-state index contributed by atoms with van der Waals surface area (Å²) in [5, 5.41) is 4.12. The first-order valence-corrected chi connectivity index (χ1v) is 8.23. The molecule has 6 heteroatoms. The fourth-order valence-electron chi connectivity index (χ4n) is 3.19. The highest BCUT2D eigenvalue weighted by Crippen LogP contribution is 2.27. The summed E-state index contributed by atoms with van der Waals surface area (Å²) < 4.78 is 1.03. The molecule has 2 heterocycles. The van der Waals surface area contributed by atoms with Crippen LogP contribution in [-0.4, -0.2) is 37.0 Å². The minimum absolute atomic E-state index is 0. The van der Waals surface area contributed by atoms with E-state index in [0.29, 0.717) is 18.3 Å². The highest BCUT2D eigenvalue weighted by atomic mass is 79.9. The molecule has 2 atom stereocenters. The molecule has 0 spiro atoms. The van der Waals surface area contributed by atoms with E-state index in [-0.39, 0.29) is 18.3 Å². The third kappa shape index (κ3) is 3.92. The number of nitrogens with zero attached hydrogens (tertiary/aromatic N) is 1. The third-order valence-corrected chi connectivity index (χ3v) is 5.37. The minimum atomic E-state index is 0. The molecule has 0 aliphatic carbocycles. The summed E-state index contributed by atoms with van der Waals surface area (Å²) >= 11 is 9.51. The lowest BCUT2D eigenvalue weighted by Gasteiger charge is -2.17. The topological polar surface area (TPSA) is 32.3 Å². The smallest absolute Gasteiger partial charge is 0.222 e. The Morgan fingerprint density at radius 1 is 1.33 bits per heavy atom. The van der Waals surface area contributed by atoms with Crippen LogP contribution in [0.1, 0.15) is 12.0 Å². The van der Waals surface area contributed by atoms with Crippen LogP contribution >= 0.6 is 39.9 Å². The van der Waals surface area contributed by atoms with Crippen LogP contribution in [0, 0.1) is 11.8 Å². The number of hydrogen-bond acceptors (Lipinski definition) is 2. The van der Waals surface area contributed by atoms with Gasteiger partial charge >= 0.3 is 0 Å². The monoisotopic (exact) mass is 392 g/mol. The SMILES string of the molecule is Cl.O=C(CCc1cc(Cl)ccc1Br)N1C[C@H]2CNC[C@H]2C1. The van der Waals surface area contributed by atoms with Crippen molar-refractivity contribution in [3.05, 3.63) is 33.3 Å². The molecule has 0 saturated carbocycles. The van der Waals surface area contributed by atoms with Gasteiger partial charge in [0.1, 0.15) is 0 Å². The molecule has 1 amide bonds. The molecule has 116 valence electrons. The maximum atomic E-state index is 12.3. The van der Waals surface area contributed by atoms with Gasteiger partial charge in [0.2, 0.25) is 5.91 Å². The van der Waals surface area contributed by atoms with Crippen molar-refractivity contribution in [1.29, 1.82) is 0 Å². The Bertz CT molecular complexity index is 514. The Kier molecular flexibility index (Phi) is 5.95. The molecular formula is C15H19BrCl2N2O. The number of carbonyl (C=O) groups is 1. The number of fused-ring (bicyclic) bond motifs is 1. The molecule has 2 fully saturated rings. The van der Waals surface area contributed by atoms with E-state index in [4.69, 9.17) is 11.6 Å². The highest BCUT2D eigenvalue weighted by molar-refractivity contribution is 9.10. The van der Waals surface area contributed by atoms with E-state index in [1.165, 1.54) is 0 Å². The average molecular weight is 394 g/mol. The quantitative estimate of drug-likeness (QED) is 0.855. The molecular weight excluding hydrogens is 375 g/mol. The van der Waals surface area contributed by atoms with Gasteiger partial charge in [-0.2, -0.15) is 0 Å². The van der Waals surface area contributed by atoms with Gasteiger partial charge in [-0.3, -0.25) is 4.79 Å². The Labute approximate surface area is 144 Å². The molecule has 2 aliphatic rings. The van der Waals surface area contributed by atoms with Crippen molar-refractivity contribution in [3.8, 4) is 0 Å². The van der Waals surface area contributed by atoms with Crippen LogP contribution in [0.15, 0.2) is 22.7 Å². The predicted molar refractivity (Wildman–Crippen MR) is 91.2 cm³/mol. The van der Waals surface area contributed by atoms with Crippen molar-refractivity contribution >= 4 is 45.8 Å². The lowest BCUT2D eigenvalue weighted by molar-refractivity contribution is -0.130. The number of amides is 1. The first-order chi connectivity index (χ1) is 9.63. The Morgan fingerprint density at radius 2 is 2.00 bits per heavy atom. The Morgan fingerprint density at radius 3 is 2.67 bits per heavy atom. The van der Waals surface area contributed by atoms with Crippen LogP contribution in [0.4, 0.5) is 0 Å². The summed E-state index contributed by atoms with van der Waals surface area (Å²) in [7, 11) is 0. The predicted octanol–water partition coefficient (Wildman–Crippen LogP) is 3.13. The van der Waals surface area contributed by atoms with Gasteiger partial charge in [0.05, 0.1) is 0 Å². The molecule has 1 aromatic carbocycles. The molecule has 0 radical (unpaired) electrons. The number of aryl methyl sites for hydroxylation is 1. The van der Waals surface area contributed by atoms with Gasteiger partial charge < -0.3 is 10.2 Å². The van der Waals surface area contributed by atoms with E-state index in [1.54, 1.807) is 0 Å². The van der Waals surface area contributed by atoms with Crippen molar-refractivity contribution in [1.82, 2.24) is 10.2 Å². The second kappa shape index (κ2) is 7.32. The third-order valence-electron chi connectivity index (χ3n) is 4.36. The summed E-state index contributed by atoms with van der Waals surface area (Å²) in [6, 6.07) is 5.72. The number of hydrogen-bond donors (Lipinski definition) is 1. The van der Waals surface area contributed by atoms with Gasteiger partial charge in [0, 0.05) is 42.1 Å². The Balaban J connectivity index is 0.00000161. The van der Waals surface area contributed by atoms with Crippen LogP contribution in [0.25, 0.3) is 0 Å². The van der Waals surface area contributed by atoms with Gasteiger partial charge in [0.25, 0.3) is 0 Å². The van der Waals surface area contributed by atoms with Crippen molar-refractivity contribution in [2.75, 3.05) is 26.2 Å². The number of nitrogens with one attached hydrogen (secondary N) is 1. The number of likely N-dealkylation sites (tertiary alicyclic amines) is 1. The van der Waals surface area contributed by atoms with Crippen LogP contribution in [-0.2, 0) is 11.2 Å². The minimum Gasteiger partial charge on any atom is -0.342 e. The number of carbonyl (C=O) groups excluding carboxylic acids is 1. The lowest BCUT2D eigenvalue weighted by atomic mass is 10.0. The molecule has 1 N–H and O–H groups in total. The van der Waals surface area contributed by atoms with Crippen molar-refractivity contribution in [2.24, 2.45) is 11.8 Å². The summed E-state index contributed by atoms with van der Waals surface area (Å²) in [4.78, 5) is 14.3. The molecule has 3 nitrogen and oxygen atoms in total. The van der Waals surface area contributed by atoms with Gasteiger partial charge in [-0.25, -0.2) is 0 Å². The zero-order valence-electron chi connectivity index (χ0n) is 11.6. The van der Waals surface area contributed by atoms with Gasteiger partial charge in [-0.1, -0.05) is 27.5 Å². The van der Waals surface area contributed by atoms with Crippen LogP contribution in [0.2, 0.25) is 5.02 Å². The maximum absolute atomic E-state index is 12.3. The number of benzene rings is 1. The van der Waals surface area contributed by atoms with Crippen molar-refractivity contribution in [2.45, 2.75) is 12.8 Å². The van der Waals surface area contributed by atoms with Crippen LogP contribution in [0.5, 0.6) is 0 Å². The molecule has 1 aromatic rings. The van der Waals surface area contributed by atoms with E-state index < -0.39 is 0 Å². The molecule has 21 heavy (non-hydrogen) atoms. The largest absolute Gasteiger partial charge is 0.342 e. The van der Waals surface area contributed by atoms with Crippen molar-refractivity contribution in [3.63, 3.8) is 0 Å². The van der Waals surface area contributed by atoms with Gasteiger partial charge in [-0.15, -0.1) is 12.4 Å². The van der Waals surface area contributed by atoms with Crippen LogP contribution < -0.4 is 5.32 Å². The second-order valence-electron chi connectivity index (χ2n) is 5.71. The van der Waals surface area contributed by atoms with E-state index in [2.05, 4.69) is 21.2 Å². The van der Waals surface area contributed by atoms with E-state index in [9.17, 15) is 4.79 Å². The summed E-state index contributed by atoms with van der Waals surface area (Å²) in [5.74, 6) is 1.60. The normalized spacial score (nSPS) is 23.8. The molecule has 0 aromatic heterocycles. The lowest BCUT2D eigenvalue weighted by Crippen LogP contribution is -2.32. The number of halogens is 3. The summed E-state index contributed by atoms with van der Waals surface area (Å²) in [6.45, 7) is 3.98. The first kappa shape index (κ1) is 17.1. The molecule has 0 unspecified atom stereocenters. The van der Waals surface area contributed by atoms with Crippen LogP contribution in [0.3, 0.4) is 0 Å². The maximum Gasteiger partial charge on any atom is 0.222 e. The van der Waals surface area contributed by atoms with Gasteiger partial charge in [0.15, 0.2) is 0 Å². The van der Waals surface area contributed by atoms with E-state index in [0.717, 1.165) is 47.7 Å². The Hall–Kier alpha value is -0.290. The summed E-state index contributed by atoms with van der Waals surface area (Å²) in [6.07, 6.45) is 1.30. The fourth-order valence-corrected chi connectivity index (χ4v) is 3.83. The number of rotatable bonds is 3. The van der Waals surface area contributed by atoms with E-state index in [1.807, 2.05) is 23.1 Å². The fraction of sp³-hybridized carbons (Fsp3) is 0.533. The van der Waals surface area contributed by atoms with Crippen molar-refractivity contribution < 1.29 is 4.79 Å². The average Bonchev–Trinajstić information content (AvgIpc) is 3.00. The zero-order valence-corrected chi connectivity index (χ0v) is 14.8. The second-order valence-corrected chi connectivity index (χ2v) is 7.00. The molecule has 2 saturated heterocycles. The first-order valence-electron chi connectivity index (χ1n) is 7.06.